The van der Waals surface area contributed by atoms with Gasteiger partial charge in [0.1, 0.15) is 5.82 Å². The maximum absolute atomic E-state index is 13.3. The van der Waals surface area contributed by atoms with Crippen LogP contribution >= 0.6 is 11.6 Å². The lowest BCUT2D eigenvalue weighted by Gasteiger charge is -2.15. The number of amides is 1. The molecule has 1 amide bonds. The Balaban J connectivity index is 2.21. The highest BCUT2D eigenvalue weighted by atomic mass is 35.5. The van der Waals surface area contributed by atoms with Crippen molar-refractivity contribution >= 4 is 23.2 Å². The second kappa shape index (κ2) is 6.76. The molecule has 0 aromatic heterocycles. The fourth-order valence-corrected chi connectivity index (χ4v) is 1.91. The largest absolute Gasteiger partial charge is 0.418 e. The van der Waals surface area contributed by atoms with Gasteiger partial charge in [0.25, 0.3) is 5.91 Å². The lowest BCUT2D eigenvalue weighted by molar-refractivity contribution is -0.137. The highest BCUT2D eigenvalue weighted by molar-refractivity contribution is 6.30. The number of nitrogens with zero attached hydrogens (tertiary/aromatic N) is 1. The van der Waals surface area contributed by atoms with Crippen LogP contribution in [0.1, 0.15) is 21.5 Å². The zero-order valence-electron chi connectivity index (χ0n) is 11.7. The molecule has 124 valence electrons. The van der Waals surface area contributed by atoms with Gasteiger partial charge in [0, 0.05) is 5.56 Å². The molecule has 0 aliphatic rings. The summed E-state index contributed by atoms with van der Waals surface area (Å²) in [5.41, 5.74) is 2.26. The molecule has 0 saturated carbocycles. The molecule has 0 unspecified atom stereocenters. The summed E-state index contributed by atoms with van der Waals surface area (Å²) in [6.07, 6.45) is -4.73. The smallest absolute Gasteiger partial charge is 0.298 e. The molecule has 24 heavy (non-hydrogen) atoms. The molecule has 0 bridgehead atoms. The lowest BCUT2D eigenvalue weighted by atomic mass is 10.1. The van der Waals surface area contributed by atoms with E-state index in [2.05, 4.69) is 5.43 Å². The first-order chi connectivity index (χ1) is 11.2. The first kappa shape index (κ1) is 17.6. The maximum atomic E-state index is 13.3. The number of hydrogen-bond acceptors (Lipinski definition) is 3. The van der Waals surface area contributed by atoms with E-state index in [-0.39, 0.29) is 16.1 Å². The summed E-state index contributed by atoms with van der Waals surface area (Å²) in [5, 5.41) is 8.49. The van der Waals surface area contributed by atoms with Crippen molar-refractivity contribution in [1.82, 2.24) is 5.43 Å². The Morgan fingerprint density at radius 1 is 1.17 bits per heavy atom. The fourth-order valence-electron chi connectivity index (χ4n) is 1.79. The number of nitriles is 1. The third kappa shape index (κ3) is 3.94. The van der Waals surface area contributed by atoms with E-state index < -0.39 is 29.2 Å². The third-order valence-electron chi connectivity index (χ3n) is 2.95. The minimum Gasteiger partial charge on any atom is -0.298 e. The number of carbonyl (C=O) groups is 1. The van der Waals surface area contributed by atoms with E-state index in [9.17, 15) is 22.4 Å². The molecule has 0 fully saturated rings. The van der Waals surface area contributed by atoms with Crippen molar-refractivity contribution in [2.75, 3.05) is 5.43 Å². The van der Waals surface area contributed by atoms with Gasteiger partial charge in [0.2, 0.25) is 0 Å². The van der Waals surface area contributed by atoms with E-state index in [1.54, 1.807) is 6.07 Å². The molecular formula is C15H8ClF4N3O. The van der Waals surface area contributed by atoms with Crippen LogP contribution in [-0.4, -0.2) is 5.91 Å². The zero-order chi connectivity index (χ0) is 17.9. The van der Waals surface area contributed by atoms with Gasteiger partial charge in [-0.1, -0.05) is 11.6 Å². The predicted molar refractivity (Wildman–Crippen MR) is 78.7 cm³/mol. The number of alkyl halides is 3. The SMILES string of the molecule is N#Cc1ccc(NNC(=O)c2ccc(Cl)c(F)c2)c(C(F)(F)F)c1. The molecule has 0 radical (unpaired) electrons. The van der Waals surface area contributed by atoms with Crippen molar-refractivity contribution in [2.45, 2.75) is 6.18 Å². The predicted octanol–water partition coefficient (Wildman–Crippen LogP) is 4.13. The molecule has 0 aliphatic carbocycles. The number of rotatable bonds is 3. The van der Waals surface area contributed by atoms with E-state index >= 15 is 0 Å². The van der Waals surface area contributed by atoms with Crippen molar-refractivity contribution in [3.05, 3.63) is 63.9 Å². The van der Waals surface area contributed by atoms with Crippen LogP contribution in [-0.2, 0) is 6.18 Å². The van der Waals surface area contributed by atoms with Crippen LogP contribution < -0.4 is 10.9 Å². The summed E-state index contributed by atoms with van der Waals surface area (Å²) in [6.45, 7) is 0. The normalized spacial score (nSPS) is 10.8. The molecule has 2 aromatic rings. The first-order valence-corrected chi connectivity index (χ1v) is 6.73. The Labute approximate surface area is 138 Å². The first-order valence-electron chi connectivity index (χ1n) is 6.35. The second-order valence-corrected chi connectivity index (χ2v) is 4.99. The molecule has 0 atom stereocenters. The molecule has 2 rings (SSSR count). The van der Waals surface area contributed by atoms with Gasteiger partial charge in [0.05, 0.1) is 27.9 Å². The van der Waals surface area contributed by atoms with E-state index in [1.807, 2.05) is 5.43 Å². The maximum Gasteiger partial charge on any atom is 0.418 e. The molecule has 0 aliphatic heterocycles. The average molecular weight is 358 g/mol. The van der Waals surface area contributed by atoms with Gasteiger partial charge in [-0.05, 0) is 36.4 Å². The fraction of sp³-hybridized carbons (Fsp3) is 0.0667. The molecule has 2 aromatic carbocycles. The number of hydrazine groups is 1. The van der Waals surface area contributed by atoms with Crippen molar-refractivity contribution < 1.29 is 22.4 Å². The topological polar surface area (TPSA) is 64.9 Å². The zero-order valence-corrected chi connectivity index (χ0v) is 12.5. The summed E-state index contributed by atoms with van der Waals surface area (Å²) in [5.74, 6) is -1.69. The van der Waals surface area contributed by atoms with Crippen molar-refractivity contribution in [2.24, 2.45) is 0 Å². The summed E-state index contributed by atoms with van der Waals surface area (Å²) in [4.78, 5) is 11.8. The number of benzene rings is 2. The van der Waals surface area contributed by atoms with Gasteiger partial charge in [-0.3, -0.25) is 15.6 Å². The standard InChI is InChI=1S/C15H8ClF4N3O/c16-11-3-2-9(6-12(11)17)14(24)23-22-13-4-1-8(7-21)5-10(13)15(18,19)20/h1-6,22H,(H,23,24). The average Bonchev–Trinajstić information content (AvgIpc) is 2.54. The quantitative estimate of drug-likeness (QED) is 0.641. The van der Waals surface area contributed by atoms with Crippen molar-refractivity contribution in [3.63, 3.8) is 0 Å². The van der Waals surface area contributed by atoms with Gasteiger partial charge in [-0.15, -0.1) is 0 Å². The summed E-state index contributed by atoms with van der Waals surface area (Å²) < 4.78 is 52.2. The minimum absolute atomic E-state index is 0.133. The Kier molecular flexibility index (Phi) is 4.95. The Bertz CT molecular complexity index is 830. The highest BCUT2D eigenvalue weighted by Gasteiger charge is 2.34. The van der Waals surface area contributed by atoms with Crippen LogP contribution in [0.4, 0.5) is 23.2 Å². The second-order valence-electron chi connectivity index (χ2n) is 4.58. The summed E-state index contributed by atoms with van der Waals surface area (Å²) >= 11 is 5.48. The van der Waals surface area contributed by atoms with Crippen molar-refractivity contribution in [1.29, 1.82) is 5.26 Å². The van der Waals surface area contributed by atoms with E-state index in [0.717, 1.165) is 24.3 Å². The molecule has 2 N–H and O–H groups in total. The molecule has 0 saturated heterocycles. The van der Waals surface area contributed by atoms with Gasteiger partial charge < -0.3 is 0 Å². The lowest BCUT2D eigenvalue weighted by Crippen LogP contribution is -2.30. The molecule has 4 nitrogen and oxygen atoms in total. The van der Waals surface area contributed by atoms with Crippen LogP contribution in [0.3, 0.4) is 0 Å². The van der Waals surface area contributed by atoms with Gasteiger partial charge in [-0.2, -0.15) is 18.4 Å². The number of halogens is 5. The van der Waals surface area contributed by atoms with E-state index in [0.29, 0.717) is 6.07 Å². The Hall–Kier alpha value is -2.79. The number of nitrogens with one attached hydrogen (secondary N) is 2. The monoisotopic (exact) mass is 357 g/mol. The summed E-state index contributed by atoms with van der Waals surface area (Å²) in [6, 6.07) is 7.62. The molecular weight excluding hydrogens is 350 g/mol. The van der Waals surface area contributed by atoms with E-state index in [1.165, 1.54) is 6.07 Å². The van der Waals surface area contributed by atoms with E-state index in [4.69, 9.17) is 16.9 Å². The van der Waals surface area contributed by atoms with Crippen LogP contribution in [0.5, 0.6) is 0 Å². The molecule has 9 heteroatoms. The van der Waals surface area contributed by atoms with Gasteiger partial charge in [0.15, 0.2) is 0 Å². The highest BCUT2D eigenvalue weighted by Crippen LogP contribution is 2.35. The summed E-state index contributed by atoms with van der Waals surface area (Å²) in [7, 11) is 0. The van der Waals surface area contributed by atoms with Crippen molar-refractivity contribution in [3.8, 4) is 6.07 Å². The van der Waals surface area contributed by atoms with Crippen LogP contribution in [0.2, 0.25) is 5.02 Å². The Morgan fingerprint density at radius 3 is 2.46 bits per heavy atom. The number of hydrogen-bond donors (Lipinski definition) is 2. The third-order valence-corrected chi connectivity index (χ3v) is 3.25. The van der Waals surface area contributed by atoms with Crippen LogP contribution in [0.15, 0.2) is 36.4 Å². The van der Waals surface area contributed by atoms with Gasteiger partial charge in [-0.25, -0.2) is 4.39 Å². The minimum atomic E-state index is -4.73. The van der Waals surface area contributed by atoms with Crippen LogP contribution in [0.25, 0.3) is 0 Å². The number of anilines is 1. The molecule has 0 heterocycles. The molecule has 0 spiro atoms. The van der Waals surface area contributed by atoms with Gasteiger partial charge >= 0.3 is 6.18 Å². The van der Waals surface area contributed by atoms with Crippen LogP contribution in [0, 0.1) is 17.1 Å². The number of carbonyl (C=O) groups excluding carboxylic acids is 1. The Morgan fingerprint density at radius 2 is 1.88 bits per heavy atom.